The Kier molecular flexibility index (Phi) is 7.35. The lowest BCUT2D eigenvalue weighted by molar-refractivity contribution is -0.120. The van der Waals surface area contributed by atoms with Crippen LogP contribution < -0.4 is 15.8 Å². The molecule has 2 heterocycles. The van der Waals surface area contributed by atoms with Gasteiger partial charge in [0, 0.05) is 31.1 Å². The van der Waals surface area contributed by atoms with Gasteiger partial charge in [-0.2, -0.15) is 10.2 Å². The molecule has 1 fully saturated rings. The minimum atomic E-state index is -0.926. The molecule has 0 spiro atoms. The standard InChI is InChI=1S/C26H34N6O3/c1-26(2,35)18-31-14-13-23(29-31)28-25(34)22(15-19-9-7-8-10-19)32-24(33)16-21(17-27-32)30(3)20-11-5-4-6-12-20/h4-6,11-14,16-17,19,22,35H,7-10,15,18H2,1-3H3,(H,28,29,34). The van der Waals surface area contributed by atoms with Gasteiger partial charge in [-0.3, -0.25) is 14.3 Å². The van der Waals surface area contributed by atoms with Crippen molar-refractivity contribution < 1.29 is 9.90 Å². The summed E-state index contributed by atoms with van der Waals surface area (Å²) >= 11 is 0. The summed E-state index contributed by atoms with van der Waals surface area (Å²) in [6.45, 7) is 3.69. The van der Waals surface area contributed by atoms with E-state index in [9.17, 15) is 14.7 Å². The number of aromatic nitrogens is 4. The summed E-state index contributed by atoms with van der Waals surface area (Å²) in [6, 6.07) is 12.2. The summed E-state index contributed by atoms with van der Waals surface area (Å²) < 4.78 is 2.88. The molecular formula is C26H34N6O3. The summed E-state index contributed by atoms with van der Waals surface area (Å²) in [6.07, 6.45) is 8.27. The fourth-order valence-corrected chi connectivity index (χ4v) is 4.63. The number of anilines is 3. The van der Waals surface area contributed by atoms with Crippen LogP contribution in [0.3, 0.4) is 0 Å². The highest BCUT2D eigenvalue weighted by atomic mass is 16.3. The lowest BCUT2D eigenvalue weighted by Gasteiger charge is -2.23. The molecule has 1 atom stereocenters. The predicted molar refractivity (Wildman–Crippen MR) is 136 cm³/mol. The van der Waals surface area contributed by atoms with Crippen LogP contribution in [0.25, 0.3) is 0 Å². The molecule has 186 valence electrons. The van der Waals surface area contributed by atoms with Crippen LogP contribution in [-0.4, -0.2) is 43.2 Å². The average Bonchev–Trinajstić information content (AvgIpc) is 3.48. The lowest BCUT2D eigenvalue weighted by Crippen LogP contribution is -2.36. The number of rotatable bonds is 9. The number of benzene rings is 1. The third-order valence-corrected chi connectivity index (χ3v) is 6.41. The van der Waals surface area contributed by atoms with E-state index in [-0.39, 0.29) is 11.5 Å². The molecule has 2 aromatic heterocycles. The Balaban J connectivity index is 1.56. The van der Waals surface area contributed by atoms with Gasteiger partial charge in [-0.15, -0.1) is 0 Å². The molecule has 4 rings (SSSR count). The molecule has 1 unspecified atom stereocenters. The second-order valence-corrected chi connectivity index (χ2v) is 9.99. The first-order valence-corrected chi connectivity index (χ1v) is 12.1. The Bertz CT molecular complexity index is 1190. The normalized spacial score (nSPS) is 15.2. The zero-order valence-corrected chi connectivity index (χ0v) is 20.6. The van der Waals surface area contributed by atoms with E-state index in [1.807, 2.05) is 42.3 Å². The summed E-state index contributed by atoms with van der Waals surface area (Å²) in [5.41, 5.74) is 0.344. The molecule has 2 N–H and O–H groups in total. The van der Waals surface area contributed by atoms with Gasteiger partial charge in [-0.25, -0.2) is 4.68 Å². The predicted octanol–water partition coefficient (Wildman–Crippen LogP) is 3.74. The Morgan fingerprint density at radius 3 is 2.57 bits per heavy atom. The summed E-state index contributed by atoms with van der Waals surface area (Å²) in [5, 5.41) is 21.6. The van der Waals surface area contributed by atoms with Gasteiger partial charge < -0.3 is 15.3 Å². The third-order valence-electron chi connectivity index (χ3n) is 6.41. The first-order valence-electron chi connectivity index (χ1n) is 12.1. The van der Waals surface area contributed by atoms with Crippen LogP contribution in [0.2, 0.25) is 0 Å². The van der Waals surface area contributed by atoms with Crippen LogP contribution in [0.15, 0.2) is 59.7 Å². The second kappa shape index (κ2) is 10.4. The fourth-order valence-electron chi connectivity index (χ4n) is 4.63. The van der Waals surface area contributed by atoms with Crippen molar-refractivity contribution in [2.75, 3.05) is 17.3 Å². The van der Waals surface area contributed by atoms with E-state index in [1.165, 1.54) is 10.7 Å². The van der Waals surface area contributed by atoms with E-state index in [2.05, 4.69) is 15.5 Å². The Morgan fingerprint density at radius 2 is 1.91 bits per heavy atom. The number of amides is 1. The molecule has 0 aliphatic heterocycles. The largest absolute Gasteiger partial charge is 0.389 e. The lowest BCUT2D eigenvalue weighted by atomic mass is 9.98. The topological polar surface area (TPSA) is 105 Å². The van der Waals surface area contributed by atoms with Gasteiger partial charge in [0.2, 0.25) is 0 Å². The highest BCUT2D eigenvalue weighted by molar-refractivity contribution is 5.92. The number of aliphatic hydroxyl groups is 1. The van der Waals surface area contributed by atoms with Crippen LogP contribution in [-0.2, 0) is 11.3 Å². The van der Waals surface area contributed by atoms with Crippen molar-refractivity contribution >= 4 is 23.1 Å². The molecule has 1 aromatic carbocycles. The number of carbonyl (C=O) groups is 1. The first-order chi connectivity index (χ1) is 16.7. The number of carbonyl (C=O) groups excluding carboxylic acids is 1. The Morgan fingerprint density at radius 1 is 1.20 bits per heavy atom. The van der Waals surface area contributed by atoms with Crippen LogP contribution in [0.5, 0.6) is 0 Å². The Hall–Kier alpha value is -3.46. The van der Waals surface area contributed by atoms with Gasteiger partial charge >= 0.3 is 0 Å². The molecule has 1 aliphatic rings. The van der Waals surface area contributed by atoms with Crippen molar-refractivity contribution in [3.63, 3.8) is 0 Å². The number of para-hydroxylation sites is 1. The van der Waals surface area contributed by atoms with Crippen LogP contribution in [0, 0.1) is 5.92 Å². The van der Waals surface area contributed by atoms with Gasteiger partial charge in [-0.1, -0.05) is 43.9 Å². The highest BCUT2D eigenvalue weighted by Gasteiger charge is 2.29. The van der Waals surface area contributed by atoms with Crippen LogP contribution >= 0.6 is 0 Å². The van der Waals surface area contributed by atoms with Gasteiger partial charge in [0.15, 0.2) is 5.82 Å². The van der Waals surface area contributed by atoms with Gasteiger partial charge in [0.05, 0.1) is 24.0 Å². The maximum absolute atomic E-state index is 13.4. The van der Waals surface area contributed by atoms with E-state index in [0.29, 0.717) is 30.4 Å². The van der Waals surface area contributed by atoms with E-state index >= 15 is 0 Å². The van der Waals surface area contributed by atoms with Gasteiger partial charge in [-0.05, 0) is 38.3 Å². The number of hydrogen-bond donors (Lipinski definition) is 2. The van der Waals surface area contributed by atoms with Crippen molar-refractivity contribution in [3.05, 3.63) is 65.2 Å². The monoisotopic (exact) mass is 478 g/mol. The maximum Gasteiger partial charge on any atom is 0.269 e. The molecule has 9 nitrogen and oxygen atoms in total. The van der Waals surface area contributed by atoms with Crippen LogP contribution in [0.4, 0.5) is 17.2 Å². The summed E-state index contributed by atoms with van der Waals surface area (Å²) in [4.78, 5) is 28.4. The average molecular weight is 479 g/mol. The quantitative estimate of drug-likeness (QED) is 0.485. The minimum Gasteiger partial charge on any atom is -0.389 e. The molecule has 1 amide bonds. The second-order valence-electron chi connectivity index (χ2n) is 9.99. The zero-order valence-electron chi connectivity index (χ0n) is 20.6. The van der Waals surface area contributed by atoms with Crippen molar-refractivity contribution in [3.8, 4) is 0 Å². The number of hydrogen-bond acceptors (Lipinski definition) is 6. The van der Waals surface area contributed by atoms with E-state index < -0.39 is 11.6 Å². The summed E-state index contributed by atoms with van der Waals surface area (Å²) in [5.74, 6) is 0.437. The first kappa shape index (κ1) is 24.7. The zero-order chi connectivity index (χ0) is 25.0. The maximum atomic E-state index is 13.4. The van der Waals surface area contributed by atoms with Crippen LogP contribution in [0.1, 0.15) is 52.0 Å². The van der Waals surface area contributed by atoms with Crippen molar-refractivity contribution in [1.29, 1.82) is 0 Å². The molecule has 1 aliphatic carbocycles. The van der Waals surface area contributed by atoms with Crippen molar-refractivity contribution in [1.82, 2.24) is 19.6 Å². The van der Waals surface area contributed by atoms with Gasteiger partial charge in [0.25, 0.3) is 11.5 Å². The molecule has 0 radical (unpaired) electrons. The SMILES string of the molecule is CN(c1ccccc1)c1cnn(C(CC2CCCC2)C(=O)Nc2ccn(CC(C)(C)O)n2)c(=O)c1. The van der Waals surface area contributed by atoms with E-state index in [0.717, 1.165) is 31.4 Å². The summed E-state index contributed by atoms with van der Waals surface area (Å²) in [7, 11) is 1.88. The molecule has 0 bridgehead atoms. The molecule has 0 saturated heterocycles. The Labute approximate surface area is 205 Å². The van der Waals surface area contributed by atoms with Crippen molar-refractivity contribution in [2.24, 2.45) is 5.92 Å². The number of nitrogens with one attached hydrogen (secondary N) is 1. The fraction of sp³-hybridized carbons (Fsp3) is 0.462. The van der Waals surface area contributed by atoms with Gasteiger partial charge in [0.1, 0.15) is 6.04 Å². The molecule has 9 heteroatoms. The van der Waals surface area contributed by atoms with E-state index in [1.54, 1.807) is 37.0 Å². The van der Waals surface area contributed by atoms with E-state index in [4.69, 9.17) is 0 Å². The minimum absolute atomic E-state index is 0.297. The molecule has 1 saturated carbocycles. The molecular weight excluding hydrogens is 444 g/mol. The van der Waals surface area contributed by atoms with Crippen molar-refractivity contribution in [2.45, 2.75) is 64.1 Å². The smallest absolute Gasteiger partial charge is 0.269 e. The number of nitrogens with zero attached hydrogens (tertiary/aromatic N) is 5. The molecule has 3 aromatic rings. The highest BCUT2D eigenvalue weighted by Crippen LogP contribution is 2.32. The molecule has 35 heavy (non-hydrogen) atoms. The third kappa shape index (κ3) is 6.36.